The van der Waals surface area contributed by atoms with Gasteiger partial charge in [-0.25, -0.2) is 4.98 Å². The summed E-state index contributed by atoms with van der Waals surface area (Å²) in [7, 11) is 0. The number of benzene rings is 3. The molecule has 0 bridgehead atoms. The van der Waals surface area contributed by atoms with Crippen LogP contribution in [0, 0.1) is 13.8 Å². The minimum absolute atomic E-state index is 0.212. The normalized spacial score (nSPS) is 10.7. The van der Waals surface area contributed by atoms with Crippen LogP contribution in [0.1, 0.15) is 28.4 Å². The summed E-state index contributed by atoms with van der Waals surface area (Å²) < 4.78 is 11.4. The number of oxazole rings is 1. The van der Waals surface area contributed by atoms with E-state index in [0.717, 1.165) is 22.4 Å². The first-order valence-electron chi connectivity index (χ1n) is 10.3. The quantitative estimate of drug-likeness (QED) is 0.387. The number of rotatable bonds is 5. The van der Waals surface area contributed by atoms with Crippen LogP contribution in [-0.2, 0) is 0 Å². The van der Waals surface area contributed by atoms with Gasteiger partial charge in [0.05, 0.1) is 6.61 Å². The number of aromatic nitrogens is 1. The molecule has 6 nitrogen and oxygen atoms in total. The van der Waals surface area contributed by atoms with Crippen LogP contribution in [0.25, 0.3) is 22.6 Å². The van der Waals surface area contributed by atoms with E-state index in [1.165, 1.54) is 0 Å². The third-order valence-electron chi connectivity index (χ3n) is 4.77. The van der Waals surface area contributed by atoms with Crippen LogP contribution in [0.3, 0.4) is 0 Å². The van der Waals surface area contributed by atoms with Gasteiger partial charge in [0.2, 0.25) is 5.89 Å². The van der Waals surface area contributed by atoms with Crippen LogP contribution >= 0.6 is 12.2 Å². The van der Waals surface area contributed by atoms with Gasteiger partial charge < -0.3 is 14.5 Å². The molecule has 7 heteroatoms. The lowest BCUT2D eigenvalue weighted by molar-refractivity contribution is 0.0977. The number of anilines is 1. The van der Waals surface area contributed by atoms with Gasteiger partial charge in [-0.3, -0.25) is 10.1 Å². The second-order valence-corrected chi connectivity index (χ2v) is 7.85. The highest BCUT2D eigenvalue weighted by atomic mass is 32.1. The number of aryl methyl sites for hydroxylation is 2. The van der Waals surface area contributed by atoms with E-state index >= 15 is 0 Å². The lowest BCUT2D eigenvalue weighted by Crippen LogP contribution is -2.34. The highest BCUT2D eigenvalue weighted by Gasteiger charge is 2.12. The van der Waals surface area contributed by atoms with Crippen molar-refractivity contribution in [2.75, 3.05) is 11.9 Å². The van der Waals surface area contributed by atoms with E-state index in [9.17, 15) is 4.79 Å². The van der Waals surface area contributed by atoms with Crippen molar-refractivity contribution in [2.24, 2.45) is 0 Å². The molecule has 1 aromatic heterocycles. The minimum atomic E-state index is -0.255. The summed E-state index contributed by atoms with van der Waals surface area (Å²) in [5, 5.41) is 5.97. The SMILES string of the molecule is CCOc1ccc(-c2nc3cc(NC(=S)NC(=O)c4cc(C)cc(C)c4)ccc3o2)cc1. The molecule has 0 aliphatic heterocycles. The number of amides is 1. The zero-order chi connectivity index (χ0) is 22.7. The lowest BCUT2D eigenvalue weighted by atomic mass is 10.1. The topological polar surface area (TPSA) is 76.4 Å². The van der Waals surface area contributed by atoms with E-state index < -0.39 is 0 Å². The van der Waals surface area contributed by atoms with E-state index in [1.807, 2.05) is 81.4 Å². The Kier molecular flexibility index (Phi) is 6.18. The molecule has 4 rings (SSSR count). The molecular weight excluding hydrogens is 422 g/mol. The molecule has 0 fully saturated rings. The van der Waals surface area contributed by atoms with E-state index in [1.54, 1.807) is 0 Å². The summed E-state index contributed by atoms with van der Waals surface area (Å²) in [6, 6.07) is 18.7. The highest BCUT2D eigenvalue weighted by Crippen LogP contribution is 2.27. The molecule has 0 spiro atoms. The van der Waals surface area contributed by atoms with Gasteiger partial charge in [0.25, 0.3) is 5.91 Å². The Morgan fingerprint density at radius 1 is 1.03 bits per heavy atom. The zero-order valence-corrected chi connectivity index (χ0v) is 18.9. The summed E-state index contributed by atoms with van der Waals surface area (Å²) in [4.78, 5) is 17.1. The number of hydrogen-bond donors (Lipinski definition) is 2. The number of carbonyl (C=O) groups excluding carboxylic acids is 1. The predicted octanol–water partition coefficient (Wildman–Crippen LogP) is 5.64. The van der Waals surface area contributed by atoms with Crippen molar-refractivity contribution in [3.63, 3.8) is 0 Å². The van der Waals surface area contributed by atoms with Gasteiger partial charge >= 0.3 is 0 Å². The third-order valence-corrected chi connectivity index (χ3v) is 4.97. The van der Waals surface area contributed by atoms with E-state index in [4.69, 9.17) is 21.4 Å². The van der Waals surface area contributed by atoms with Crippen LogP contribution in [0.2, 0.25) is 0 Å². The van der Waals surface area contributed by atoms with Gasteiger partial charge in [-0.2, -0.15) is 0 Å². The average molecular weight is 446 g/mol. The molecular formula is C25H23N3O3S. The van der Waals surface area contributed by atoms with Gasteiger partial charge in [0.1, 0.15) is 11.3 Å². The number of hydrogen-bond acceptors (Lipinski definition) is 5. The maximum atomic E-state index is 12.5. The number of ether oxygens (including phenoxy) is 1. The largest absolute Gasteiger partial charge is 0.494 e. The molecule has 32 heavy (non-hydrogen) atoms. The number of carbonyl (C=O) groups is 1. The zero-order valence-electron chi connectivity index (χ0n) is 18.1. The molecule has 162 valence electrons. The average Bonchev–Trinajstić information content (AvgIpc) is 3.17. The Morgan fingerprint density at radius 2 is 1.75 bits per heavy atom. The first-order chi connectivity index (χ1) is 15.4. The molecule has 0 aliphatic carbocycles. The summed E-state index contributed by atoms with van der Waals surface area (Å²) >= 11 is 5.32. The first-order valence-corrected chi connectivity index (χ1v) is 10.7. The van der Waals surface area contributed by atoms with E-state index in [2.05, 4.69) is 15.6 Å². The van der Waals surface area contributed by atoms with Crippen molar-refractivity contribution in [2.45, 2.75) is 20.8 Å². The monoisotopic (exact) mass is 445 g/mol. The Labute approximate surface area is 191 Å². The van der Waals surface area contributed by atoms with Gasteiger partial charge in [-0.05, 0) is 87.6 Å². The highest BCUT2D eigenvalue weighted by molar-refractivity contribution is 7.80. The molecule has 2 N–H and O–H groups in total. The second-order valence-electron chi connectivity index (χ2n) is 7.44. The van der Waals surface area contributed by atoms with Gasteiger partial charge in [0, 0.05) is 16.8 Å². The third kappa shape index (κ3) is 4.95. The van der Waals surface area contributed by atoms with Crippen LogP contribution < -0.4 is 15.4 Å². The standard InChI is InChI=1S/C25H23N3O3S/c1-4-30-20-8-5-17(6-9-20)24-27-21-14-19(7-10-22(21)31-24)26-25(32)28-23(29)18-12-15(2)11-16(3)13-18/h5-14H,4H2,1-3H3,(H2,26,28,29,32). The van der Waals surface area contributed by atoms with Crippen molar-refractivity contribution in [1.29, 1.82) is 0 Å². The molecule has 1 heterocycles. The Bertz CT molecular complexity index is 1280. The maximum Gasteiger partial charge on any atom is 0.257 e. The van der Waals surface area contributed by atoms with Crippen molar-refractivity contribution in [3.8, 4) is 17.2 Å². The summed E-state index contributed by atoms with van der Waals surface area (Å²) in [5.74, 6) is 1.07. The van der Waals surface area contributed by atoms with Crippen molar-refractivity contribution in [3.05, 3.63) is 77.4 Å². The number of fused-ring (bicyclic) bond motifs is 1. The molecule has 0 radical (unpaired) electrons. The van der Waals surface area contributed by atoms with Gasteiger partial charge in [0.15, 0.2) is 10.7 Å². The molecule has 1 amide bonds. The minimum Gasteiger partial charge on any atom is -0.494 e. The first kappa shape index (κ1) is 21.5. The predicted molar refractivity (Wildman–Crippen MR) is 130 cm³/mol. The van der Waals surface area contributed by atoms with Gasteiger partial charge in [-0.1, -0.05) is 17.2 Å². The van der Waals surface area contributed by atoms with Crippen LogP contribution in [0.4, 0.5) is 5.69 Å². The smallest absolute Gasteiger partial charge is 0.257 e. The Balaban J connectivity index is 1.46. The molecule has 3 aromatic carbocycles. The Morgan fingerprint density at radius 3 is 2.44 bits per heavy atom. The number of nitrogens with one attached hydrogen (secondary N) is 2. The fourth-order valence-electron chi connectivity index (χ4n) is 3.43. The summed E-state index contributed by atoms with van der Waals surface area (Å²) in [5.41, 5.74) is 5.51. The molecule has 0 aliphatic rings. The van der Waals surface area contributed by atoms with E-state index in [-0.39, 0.29) is 11.0 Å². The fourth-order valence-corrected chi connectivity index (χ4v) is 3.64. The summed E-state index contributed by atoms with van der Waals surface area (Å²) in [6.07, 6.45) is 0. The lowest BCUT2D eigenvalue weighted by Gasteiger charge is -2.10. The molecule has 0 saturated heterocycles. The second kappa shape index (κ2) is 9.20. The molecule has 4 aromatic rings. The van der Waals surface area contributed by atoms with Crippen LogP contribution in [0.15, 0.2) is 65.1 Å². The van der Waals surface area contributed by atoms with Crippen molar-refractivity contribution in [1.82, 2.24) is 10.3 Å². The molecule has 0 unspecified atom stereocenters. The van der Waals surface area contributed by atoms with Crippen molar-refractivity contribution < 1.29 is 13.9 Å². The number of thiocarbonyl (C=S) groups is 1. The van der Waals surface area contributed by atoms with Crippen molar-refractivity contribution >= 4 is 40.0 Å². The molecule has 0 saturated carbocycles. The summed E-state index contributed by atoms with van der Waals surface area (Å²) in [6.45, 7) is 6.47. The fraction of sp³-hybridized carbons (Fsp3) is 0.160. The molecule has 0 atom stereocenters. The van der Waals surface area contributed by atoms with Crippen LogP contribution in [-0.4, -0.2) is 22.6 Å². The van der Waals surface area contributed by atoms with Gasteiger partial charge in [-0.15, -0.1) is 0 Å². The number of nitrogens with zero attached hydrogens (tertiary/aromatic N) is 1. The van der Waals surface area contributed by atoms with E-state index in [0.29, 0.717) is 34.8 Å². The maximum absolute atomic E-state index is 12.5. The Hall–Kier alpha value is -3.71. The van der Waals surface area contributed by atoms with Crippen LogP contribution in [0.5, 0.6) is 5.75 Å².